The summed E-state index contributed by atoms with van der Waals surface area (Å²) in [7, 11) is 0. The van der Waals surface area contributed by atoms with Crippen molar-refractivity contribution in [2.75, 3.05) is 0 Å². The van der Waals surface area contributed by atoms with Gasteiger partial charge in [0, 0.05) is 12.5 Å². The summed E-state index contributed by atoms with van der Waals surface area (Å²) in [5, 5.41) is 10.9. The zero-order chi connectivity index (χ0) is 14.4. The molecule has 0 aliphatic heterocycles. The standard InChI is InChI=1S/C11H14BrN3O4/c1-7(5-6-10(16)14-13)19-11-8(12)3-2-4-9(11)15(17)18/h2-4,7H,5-6,13H2,1H3,(H,14,16). The number of hydrogen-bond donors (Lipinski definition) is 2. The number of carbonyl (C=O) groups is 1. The minimum absolute atomic E-state index is 0.121. The van der Waals surface area contributed by atoms with E-state index in [9.17, 15) is 14.9 Å². The number of carbonyl (C=O) groups excluding carboxylic acids is 1. The van der Waals surface area contributed by atoms with Gasteiger partial charge in [-0.1, -0.05) is 6.07 Å². The number of para-hydroxylation sites is 1. The second kappa shape index (κ2) is 7.05. The van der Waals surface area contributed by atoms with E-state index in [1.165, 1.54) is 6.07 Å². The Morgan fingerprint density at radius 3 is 2.89 bits per heavy atom. The van der Waals surface area contributed by atoms with Crippen molar-refractivity contribution >= 4 is 27.5 Å². The fraction of sp³-hybridized carbons (Fsp3) is 0.364. The topological polar surface area (TPSA) is 107 Å². The maximum atomic E-state index is 11.0. The van der Waals surface area contributed by atoms with Gasteiger partial charge < -0.3 is 4.74 Å². The van der Waals surface area contributed by atoms with Gasteiger partial charge in [-0.15, -0.1) is 0 Å². The molecule has 1 unspecified atom stereocenters. The molecule has 0 heterocycles. The minimum atomic E-state index is -0.514. The first-order valence-corrected chi connectivity index (χ1v) is 6.34. The number of halogens is 1. The molecule has 1 atom stereocenters. The number of nitrogens with two attached hydrogens (primary N) is 1. The lowest BCUT2D eigenvalue weighted by Crippen LogP contribution is -2.30. The molecule has 104 valence electrons. The molecule has 1 aromatic carbocycles. The maximum Gasteiger partial charge on any atom is 0.312 e. The van der Waals surface area contributed by atoms with Gasteiger partial charge in [-0.25, -0.2) is 5.84 Å². The van der Waals surface area contributed by atoms with E-state index >= 15 is 0 Å². The van der Waals surface area contributed by atoms with Gasteiger partial charge in [0.25, 0.3) is 0 Å². The highest BCUT2D eigenvalue weighted by atomic mass is 79.9. The van der Waals surface area contributed by atoms with Gasteiger partial charge in [-0.2, -0.15) is 0 Å². The van der Waals surface area contributed by atoms with E-state index in [-0.39, 0.29) is 29.9 Å². The Balaban J connectivity index is 2.76. The van der Waals surface area contributed by atoms with Gasteiger partial charge in [0.05, 0.1) is 15.5 Å². The fourth-order valence-electron chi connectivity index (χ4n) is 1.42. The number of amides is 1. The molecular weight excluding hydrogens is 318 g/mol. The van der Waals surface area contributed by atoms with Gasteiger partial charge in [0.15, 0.2) is 0 Å². The van der Waals surface area contributed by atoms with E-state index in [1.54, 1.807) is 19.1 Å². The molecule has 0 saturated heterocycles. The Bertz CT molecular complexity index is 481. The van der Waals surface area contributed by atoms with E-state index in [1.807, 2.05) is 5.43 Å². The monoisotopic (exact) mass is 331 g/mol. The number of rotatable bonds is 6. The quantitative estimate of drug-likeness (QED) is 0.358. The van der Waals surface area contributed by atoms with Crippen molar-refractivity contribution in [2.45, 2.75) is 25.9 Å². The van der Waals surface area contributed by atoms with Crippen LogP contribution < -0.4 is 16.0 Å². The molecule has 8 heteroatoms. The zero-order valence-corrected chi connectivity index (χ0v) is 11.8. The molecule has 0 aromatic heterocycles. The van der Waals surface area contributed by atoms with Crippen LogP contribution in [0.1, 0.15) is 19.8 Å². The van der Waals surface area contributed by atoms with E-state index in [0.29, 0.717) is 10.9 Å². The predicted octanol–water partition coefficient (Wildman–Crippen LogP) is 1.89. The number of nitro benzene ring substituents is 1. The average molecular weight is 332 g/mol. The highest BCUT2D eigenvalue weighted by Gasteiger charge is 2.20. The van der Waals surface area contributed by atoms with E-state index in [2.05, 4.69) is 15.9 Å². The molecule has 0 spiro atoms. The lowest BCUT2D eigenvalue weighted by molar-refractivity contribution is -0.386. The van der Waals surface area contributed by atoms with Crippen molar-refractivity contribution in [2.24, 2.45) is 5.84 Å². The Morgan fingerprint density at radius 1 is 1.63 bits per heavy atom. The number of nitrogens with zero attached hydrogens (tertiary/aromatic N) is 1. The van der Waals surface area contributed by atoms with Crippen LogP contribution in [0.3, 0.4) is 0 Å². The number of ether oxygens (including phenoxy) is 1. The van der Waals surface area contributed by atoms with Crippen LogP contribution in [0.2, 0.25) is 0 Å². The molecule has 1 amide bonds. The van der Waals surface area contributed by atoms with Crippen LogP contribution in [-0.4, -0.2) is 16.9 Å². The van der Waals surface area contributed by atoms with Gasteiger partial charge in [-0.3, -0.25) is 20.3 Å². The van der Waals surface area contributed by atoms with Crippen LogP contribution in [0.25, 0.3) is 0 Å². The number of hydrogen-bond acceptors (Lipinski definition) is 5. The summed E-state index contributed by atoms with van der Waals surface area (Å²) in [6.07, 6.45) is 0.243. The smallest absolute Gasteiger partial charge is 0.312 e. The molecule has 0 fully saturated rings. The molecule has 0 radical (unpaired) electrons. The molecule has 7 nitrogen and oxygen atoms in total. The van der Waals surface area contributed by atoms with Crippen LogP contribution in [0.4, 0.5) is 5.69 Å². The Hall–Kier alpha value is -1.67. The largest absolute Gasteiger partial charge is 0.483 e. The van der Waals surface area contributed by atoms with Crippen molar-refractivity contribution in [1.82, 2.24) is 5.43 Å². The maximum absolute atomic E-state index is 11.0. The number of nitro groups is 1. The normalized spacial score (nSPS) is 11.7. The summed E-state index contributed by atoms with van der Waals surface area (Å²) in [5.41, 5.74) is 1.89. The number of hydrazine groups is 1. The van der Waals surface area contributed by atoms with Crippen LogP contribution in [-0.2, 0) is 4.79 Å². The molecule has 0 aliphatic carbocycles. The predicted molar refractivity (Wildman–Crippen MR) is 72.5 cm³/mol. The minimum Gasteiger partial charge on any atom is -0.483 e. The molecule has 0 saturated carbocycles. The highest BCUT2D eigenvalue weighted by Crippen LogP contribution is 2.35. The van der Waals surface area contributed by atoms with E-state index in [4.69, 9.17) is 10.6 Å². The Labute approximate surface area is 118 Å². The Kier molecular flexibility index (Phi) is 5.71. The molecule has 1 rings (SSSR count). The van der Waals surface area contributed by atoms with Crippen LogP contribution >= 0.6 is 15.9 Å². The van der Waals surface area contributed by atoms with Crippen LogP contribution in [0, 0.1) is 10.1 Å². The third kappa shape index (κ3) is 4.49. The van der Waals surface area contributed by atoms with Crippen molar-refractivity contribution in [3.8, 4) is 5.75 Å². The molecule has 0 aliphatic rings. The fourth-order valence-corrected chi connectivity index (χ4v) is 1.87. The number of benzene rings is 1. The molecular formula is C11H14BrN3O4. The van der Waals surface area contributed by atoms with Crippen LogP contribution in [0.5, 0.6) is 5.75 Å². The second-order valence-electron chi connectivity index (χ2n) is 3.88. The summed E-state index contributed by atoms with van der Waals surface area (Å²) in [5.74, 6) is 4.81. The first-order valence-electron chi connectivity index (χ1n) is 5.54. The summed E-state index contributed by atoms with van der Waals surface area (Å²) < 4.78 is 6.02. The van der Waals surface area contributed by atoms with Crippen molar-refractivity contribution in [3.63, 3.8) is 0 Å². The summed E-state index contributed by atoms with van der Waals surface area (Å²) >= 11 is 3.21. The SMILES string of the molecule is CC(CCC(=O)NN)Oc1c(Br)cccc1[N+](=O)[O-]. The zero-order valence-electron chi connectivity index (χ0n) is 10.3. The number of nitrogens with one attached hydrogen (secondary N) is 1. The molecule has 0 bridgehead atoms. The first-order chi connectivity index (χ1) is 8.95. The van der Waals surface area contributed by atoms with Gasteiger partial charge in [0.2, 0.25) is 11.7 Å². The van der Waals surface area contributed by atoms with Gasteiger partial charge >= 0.3 is 5.69 Å². The van der Waals surface area contributed by atoms with Gasteiger partial charge in [-0.05, 0) is 35.3 Å². The lowest BCUT2D eigenvalue weighted by Gasteiger charge is -2.15. The van der Waals surface area contributed by atoms with E-state index < -0.39 is 4.92 Å². The third-order valence-corrected chi connectivity index (χ3v) is 3.03. The molecule has 1 aromatic rings. The first kappa shape index (κ1) is 15.4. The van der Waals surface area contributed by atoms with E-state index in [0.717, 1.165) is 0 Å². The molecule has 19 heavy (non-hydrogen) atoms. The summed E-state index contributed by atoms with van der Waals surface area (Å²) in [6, 6.07) is 4.57. The van der Waals surface area contributed by atoms with Crippen molar-refractivity contribution in [3.05, 3.63) is 32.8 Å². The Morgan fingerprint density at radius 2 is 2.32 bits per heavy atom. The summed E-state index contributed by atoms with van der Waals surface area (Å²) in [4.78, 5) is 21.4. The third-order valence-electron chi connectivity index (χ3n) is 2.40. The summed E-state index contributed by atoms with van der Waals surface area (Å²) in [6.45, 7) is 1.73. The van der Waals surface area contributed by atoms with Crippen molar-refractivity contribution in [1.29, 1.82) is 0 Å². The van der Waals surface area contributed by atoms with Gasteiger partial charge in [0.1, 0.15) is 0 Å². The average Bonchev–Trinajstić information content (AvgIpc) is 2.38. The molecule has 3 N–H and O–H groups in total. The van der Waals surface area contributed by atoms with Crippen molar-refractivity contribution < 1.29 is 14.5 Å². The lowest BCUT2D eigenvalue weighted by atomic mass is 10.2. The highest BCUT2D eigenvalue weighted by molar-refractivity contribution is 9.10. The second-order valence-corrected chi connectivity index (χ2v) is 4.73. The van der Waals surface area contributed by atoms with Crippen LogP contribution in [0.15, 0.2) is 22.7 Å².